The van der Waals surface area contributed by atoms with E-state index < -0.39 is 77.9 Å². The van der Waals surface area contributed by atoms with Gasteiger partial charge in [-0.25, -0.2) is 18.7 Å². The molecule has 5 atom stereocenters. The Hall–Kier alpha value is -2.88. The molecule has 19 heteroatoms. The number of carbonyl (C=O) groups excluding carboxylic acids is 1. The van der Waals surface area contributed by atoms with E-state index in [4.69, 9.17) is 30.2 Å². The van der Waals surface area contributed by atoms with Gasteiger partial charge in [-0.3, -0.25) is 15.2 Å². The van der Waals surface area contributed by atoms with E-state index in [0.717, 1.165) is 0 Å². The smallest absolute Gasteiger partial charge is 0.313 e. The normalized spacial score (nSPS) is 23.1. The van der Waals surface area contributed by atoms with Crippen LogP contribution in [0, 0.1) is 34.6 Å². The van der Waals surface area contributed by atoms with Crippen LogP contribution in [-0.4, -0.2) is 101 Å². The second kappa shape index (κ2) is 16.5. The topological polar surface area (TPSA) is 207 Å². The third-order valence-electron chi connectivity index (χ3n) is 5.56. The molecule has 1 aliphatic rings. The van der Waals surface area contributed by atoms with Crippen LogP contribution in [0.4, 0.5) is 22.0 Å². The van der Waals surface area contributed by atoms with E-state index >= 15 is 0 Å². The highest BCUT2D eigenvalue weighted by Crippen LogP contribution is 2.29. The van der Waals surface area contributed by atoms with E-state index in [0.29, 0.717) is 0 Å². The molecule has 1 aromatic carbocycles. The molecule has 2 rings (SSSR count). The Morgan fingerprint density at radius 2 is 1.59 bits per heavy atom. The van der Waals surface area contributed by atoms with Crippen molar-refractivity contribution in [3.63, 3.8) is 0 Å². The fourth-order valence-electron chi connectivity index (χ4n) is 3.39. The van der Waals surface area contributed by atoms with Gasteiger partial charge in [-0.2, -0.15) is 13.9 Å². The number of rotatable bonds is 16. The number of hydroxylamine groups is 2. The number of aliphatic hydroxyl groups excluding tert-OH is 3. The molecule has 14 nitrogen and oxygen atoms in total. The average molecular weight is 604 g/mol. The second-order valence-corrected chi connectivity index (χ2v) is 8.46. The molecule has 7 N–H and O–H groups in total. The standard InChI is InChI=1S/C22H29F5N4O10/c23-13-14(24)16(26)21(17(27)15(13)25)41-12(32)3-6-38-8-4-29-9-10(30-28)2-7-39-22-20(35)19(34)18(33)11(40-22)1-5-31(36)37/h9,11,18-20,22,28-29,33-37H,1-8H2/b10-9-,30-28?/t11?,18-,19?,20?,22+/m1/s1. The first-order valence-electron chi connectivity index (χ1n) is 11.9. The van der Waals surface area contributed by atoms with E-state index in [1.807, 2.05) is 0 Å². The molecule has 1 saturated heterocycles. The summed E-state index contributed by atoms with van der Waals surface area (Å²) < 4.78 is 86.5. The lowest BCUT2D eigenvalue weighted by atomic mass is 9.97. The maximum absolute atomic E-state index is 13.5. The lowest BCUT2D eigenvalue weighted by Gasteiger charge is -2.40. The second-order valence-electron chi connectivity index (χ2n) is 8.46. The minimum absolute atomic E-state index is 0.0170. The maximum atomic E-state index is 13.5. The largest absolute Gasteiger partial charge is 0.420 e. The molecule has 0 bridgehead atoms. The highest BCUT2D eigenvalue weighted by atomic mass is 19.2. The lowest BCUT2D eigenvalue weighted by Crippen LogP contribution is -2.58. The number of hydrogen-bond acceptors (Lipinski definition) is 14. The third kappa shape index (κ3) is 9.87. The van der Waals surface area contributed by atoms with Crippen molar-refractivity contribution in [1.29, 1.82) is 5.53 Å². The van der Waals surface area contributed by atoms with Crippen molar-refractivity contribution in [2.75, 3.05) is 32.9 Å². The van der Waals surface area contributed by atoms with Gasteiger partial charge < -0.3 is 39.6 Å². The van der Waals surface area contributed by atoms with Crippen LogP contribution in [0.3, 0.4) is 0 Å². The van der Waals surface area contributed by atoms with Crippen LogP contribution >= 0.6 is 0 Å². The summed E-state index contributed by atoms with van der Waals surface area (Å²) in [6, 6.07) is 0. The molecule has 0 amide bonds. The molecular weight excluding hydrogens is 575 g/mol. The van der Waals surface area contributed by atoms with Crippen molar-refractivity contribution >= 4 is 5.97 Å². The molecule has 1 aromatic rings. The zero-order valence-electron chi connectivity index (χ0n) is 21.2. The molecular formula is C22H29F5N4O10. The van der Waals surface area contributed by atoms with Crippen LogP contribution in [-0.2, 0) is 19.0 Å². The molecule has 0 aliphatic carbocycles. The van der Waals surface area contributed by atoms with Crippen molar-refractivity contribution in [1.82, 2.24) is 10.5 Å². The summed E-state index contributed by atoms with van der Waals surface area (Å²) in [5.74, 6) is -14.5. The zero-order valence-corrected chi connectivity index (χ0v) is 21.2. The van der Waals surface area contributed by atoms with E-state index in [2.05, 4.69) is 15.2 Å². The SMILES string of the molecule is N=N/C(=C\NCCOCCC(=O)Oc1c(F)c(F)c(F)c(F)c1F)CCO[C@H]1OC(CCN(O)O)[C@@H](O)C(O)C1O. The number of nitrogens with zero attached hydrogens (tertiary/aromatic N) is 2. The molecule has 0 saturated carbocycles. The van der Waals surface area contributed by atoms with Gasteiger partial charge in [-0.1, -0.05) is 5.23 Å². The van der Waals surface area contributed by atoms with E-state index in [9.17, 15) is 42.1 Å². The average Bonchev–Trinajstić information content (AvgIpc) is 2.94. The number of nitrogens with one attached hydrogen (secondary N) is 2. The van der Waals surface area contributed by atoms with Crippen LogP contribution in [0.5, 0.6) is 5.75 Å². The van der Waals surface area contributed by atoms with Gasteiger partial charge in [-0.05, 0) is 6.42 Å². The first-order chi connectivity index (χ1) is 19.4. The van der Waals surface area contributed by atoms with E-state index in [1.54, 1.807) is 0 Å². The Bertz CT molecular complexity index is 1040. The number of halogens is 5. The van der Waals surface area contributed by atoms with E-state index in [-0.39, 0.29) is 56.7 Å². The number of ether oxygens (including phenoxy) is 4. The van der Waals surface area contributed by atoms with Crippen LogP contribution < -0.4 is 10.1 Å². The van der Waals surface area contributed by atoms with Gasteiger partial charge in [0.1, 0.15) is 18.3 Å². The molecule has 1 aliphatic heterocycles. The number of carbonyl (C=O) groups is 1. The van der Waals surface area contributed by atoms with Gasteiger partial charge >= 0.3 is 5.97 Å². The molecule has 41 heavy (non-hydrogen) atoms. The van der Waals surface area contributed by atoms with Crippen molar-refractivity contribution in [3.8, 4) is 5.75 Å². The maximum Gasteiger partial charge on any atom is 0.313 e. The summed E-state index contributed by atoms with van der Waals surface area (Å²) >= 11 is 0. The predicted octanol–water partition coefficient (Wildman–Crippen LogP) is 0.841. The summed E-state index contributed by atoms with van der Waals surface area (Å²) in [4.78, 5) is 11.7. The van der Waals surface area contributed by atoms with E-state index in [1.165, 1.54) is 6.20 Å². The Morgan fingerprint density at radius 3 is 2.20 bits per heavy atom. The van der Waals surface area contributed by atoms with Gasteiger partial charge in [-0.15, -0.1) is 0 Å². The van der Waals surface area contributed by atoms with Crippen LogP contribution in [0.15, 0.2) is 17.0 Å². The Labute approximate surface area is 228 Å². The highest BCUT2D eigenvalue weighted by molar-refractivity contribution is 5.72. The van der Waals surface area contributed by atoms with Gasteiger partial charge in [0.15, 0.2) is 6.29 Å². The van der Waals surface area contributed by atoms with Gasteiger partial charge in [0.05, 0.1) is 44.6 Å². The molecule has 232 valence electrons. The fraction of sp³-hybridized carbons (Fsp3) is 0.591. The lowest BCUT2D eigenvalue weighted by molar-refractivity contribution is -0.323. The summed E-state index contributed by atoms with van der Waals surface area (Å²) in [6.07, 6.45) is -6.48. The molecule has 3 unspecified atom stereocenters. The monoisotopic (exact) mass is 604 g/mol. The first kappa shape index (κ1) is 34.3. The van der Waals surface area contributed by atoms with Crippen LogP contribution in [0.2, 0.25) is 0 Å². The number of hydrogen-bond donors (Lipinski definition) is 7. The Kier molecular flexibility index (Phi) is 13.8. The summed E-state index contributed by atoms with van der Waals surface area (Å²) in [5.41, 5.74) is 7.39. The fourth-order valence-corrected chi connectivity index (χ4v) is 3.39. The van der Waals surface area contributed by atoms with Crippen molar-refractivity contribution in [3.05, 3.63) is 41.0 Å². The quantitative estimate of drug-likeness (QED) is 0.0205. The number of benzene rings is 1. The molecule has 0 aromatic heterocycles. The van der Waals surface area contributed by atoms with Gasteiger partial charge in [0.25, 0.3) is 0 Å². The van der Waals surface area contributed by atoms with Gasteiger partial charge in [0.2, 0.25) is 34.8 Å². The molecule has 0 spiro atoms. The van der Waals surface area contributed by atoms with Crippen molar-refractivity contribution in [2.45, 2.75) is 50.0 Å². The zero-order chi connectivity index (χ0) is 30.7. The van der Waals surface area contributed by atoms with Gasteiger partial charge in [0, 0.05) is 19.2 Å². The molecule has 0 radical (unpaired) electrons. The minimum Gasteiger partial charge on any atom is -0.420 e. The molecule has 1 fully saturated rings. The summed E-state index contributed by atoms with van der Waals surface area (Å²) in [6.45, 7) is -0.657. The number of esters is 1. The summed E-state index contributed by atoms with van der Waals surface area (Å²) in [5, 5.41) is 53.5. The Balaban J connectivity index is 1.69. The Morgan fingerprint density at radius 1 is 0.951 bits per heavy atom. The predicted molar refractivity (Wildman–Crippen MR) is 121 cm³/mol. The summed E-state index contributed by atoms with van der Waals surface area (Å²) in [7, 11) is 0. The minimum atomic E-state index is -2.39. The van der Waals surface area contributed by atoms with Crippen molar-refractivity contribution in [2.24, 2.45) is 5.11 Å². The molecule has 1 heterocycles. The first-order valence-corrected chi connectivity index (χ1v) is 11.9. The highest BCUT2D eigenvalue weighted by Gasteiger charge is 2.44. The van der Waals surface area contributed by atoms with Crippen LogP contribution in [0.1, 0.15) is 19.3 Å². The van der Waals surface area contributed by atoms with Crippen molar-refractivity contribution < 1.29 is 71.4 Å². The van der Waals surface area contributed by atoms with Crippen LogP contribution in [0.25, 0.3) is 0 Å². The number of aliphatic hydroxyl groups is 3. The third-order valence-corrected chi connectivity index (χ3v) is 5.56.